The van der Waals surface area contributed by atoms with Gasteiger partial charge in [-0.1, -0.05) is 6.07 Å². The lowest BCUT2D eigenvalue weighted by Crippen LogP contribution is -2.39. The van der Waals surface area contributed by atoms with Crippen molar-refractivity contribution >= 4 is 5.95 Å². The van der Waals surface area contributed by atoms with Crippen molar-refractivity contribution in [1.29, 1.82) is 0 Å². The van der Waals surface area contributed by atoms with Crippen LogP contribution in [0.1, 0.15) is 11.7 Å². The fourth-order valence-electron chi connectivity index (χ4n) is 2.20. The summed E-state index contributed by atoms with van der Waals surface area (Å²) in [6.45, 7) is 1.67. The zero-order valence-electron chi connectivity index (χ0n) is 10.7. The first-order valence-corrected chi connectivity index (χ1v) is 6.32. The lowest BCUT2D eigenvalue weighted by atomic mass is 10.1. The SMILES string of the molecule is Fc1ccc([C@@H]2CN(c3ncccn3)CCO2)cc1F. The van der Waals surface area contributed by atoms with Gasteiger partial charge < -0.3 is 9.64 Å². The van der Waals surface area contributed by atoms with Crippen LogP contribution in [0.4, 0.5) is 14.7 Å². The van der Waals surface area contributed by atoms with Crippen LogP contribution in [0.3, 0.4) is 0 Å². The van der Waals surface area contributed by atoms with E-state index in [1.165, 1.54) is 6.07 Å². The first-order chi connectivity index (χ1) is 9.74. The molecule has 0 amide bonds. The number of hydrogen-bond acceptors (Lipinski definition) is 4. The number of ether oxygens (including phenoxy) is 1. The van der Waals surface area contributed by atoms with E-state index in [9.17, 15) is 8.78 Å². The normalized spacial score (nSPS) is 19.1. The van der Waals surface area contributed by atoms with Gasteiger partial charge in [0.2, 0.25) is 5.95 Å². The second kappa shape index (κ2) is 5.50. The van der Waals surface area contributed by atoms with E-state index in [1.807, 2.05) is 4.90 Å². The van der Waals surface area contributed by atoms with Gasteiger partial charge in [-0.25, -0.2) is 18.7 Å². The van der Waals surface area contributed by atoms with Gasteiger partial charge in [0.05, 0.1) is 13.2 Å². The van der Waals surface area contributed by atoms with Crippen LogP contribution < -0.4 is 4.90 Å². The van der Waals surface area contributed by atoms with Crippen LogP contribution in [0, 0.1) is 11.6 Å². The Morgan fingerprint density at radius 2 is 1.95 bits per heavy atom. The van der Waals surface area contributed by atoms with E-state index in [0.29, 0.717) is 31.2 Å². The molecule has 0 saturated carbocycles. The highest BCUT2D eigenvalue weighted by molar-refractivity contribution is 5.31. The minimum Gasteiger partial charge on any atom is -0.370 e. The topological polar surface area (TPSA) is 38.2 Å². The molecule has 1 aliphatic rings. The van der Waals surface area contributed by atoms with E-state index in [1.54, 1.807) is 24.5 Å². The highest BCUT2D eigenvalue weighted by Gasteiger charge is 2.24. The molecule has 1 aromatic heterocycles. The molecular formula is C14H13F2N3O. The van der Waals surface area contributed by atoms with Crippen molar-refractivity contribution in [2.75, 3.05) is 24.6 Å². The van der Waals surface area contributed by atoms with Crippen molar-refractivity contribution < 1.29 is 13.5 Å². The predicted molar refractivity (Wildman–Crippen MR) is 69.3 cm³/mol. The maximum atomic E-state index is 13.3. The van der Waals surface area contributed by atoms with Crippen LogP contribution >= 0.6 is 0 Å². The first kappa shape index (κ1) is 12.9. The molecule has 3 rings (SSSR count). The quantitative estimate of drug-likeness (QED) is 0.844. The fraction of sp³-hybridized carbons (Fsp3) is 0.286. The van der Waals surface area contributed by atoms with E-state index in [2.05, 4.69) is 9.97 Å². The van der Waals surface area contributed by atoms with Gasteiger partial charge in [0.1, 0.15) is 6.10 Å². The monoisotopic (exact) mass is 277 g/mol. The second-order valence-electron chi connectivity index (χ2n) is 4.53. The van der Waals surface area contributed by atoms with Crippen molar-refractivity contribution in [2.24, 2.45) is 0 Å². The Morgan fingerprint density at radius 3 is 2.70 bits per heavy atom. The molecule has 1 aromatic carbocycles. The van der Waals surface area contributed by atoms with Gasteiger partial charge in [0, 0.05) is 18.9 Å². The number of halogens is 2. The van der Waals surface area contributed by atoms with E-state index in [0.717, 1.165) is 6.07 Å². The van der Waals surface area contributed by atoms with Crippen LogP contribution in [0.25, 0.3) is 0 Å². The van der Waals surface area contributed by atoms with Crippen LogP contribution in [0.2, 0.25) is 0 Å². The number of nitrogens with zero attached hydrogens (tertiary/aromatic N) is 3. The average Bonchev–Trinajstić information content (AvgIpc) is 2.51. The van der Waals surface area contributed by atoms with Gasteiger partial charge in [-0.2, -0.15) is 0 Å². The molecule has 1 saturated heterocycles. The summed E-state index contributed by atoms with van der Waals surface area (Å²) in [5.74, 6) is -1.10. The summed E-state index contributed by atoms with van der Waals surface area (Å²) in [5, 5.41) is 0. The zero-order chi connectivity index (χ0) is 13.9. The highest BCUT2D eigenvalue weighted by Crippen LogP contribution is 2.25. The minimum atomic E-state index is -0.862. The molecule has 20 heavy (non-hydrogen) atoms. The number of hydrogen-bond donors (Lipinski definition) is 0. The number of anilines is 1. The predicted octanol–water partition coefficient (Wildman–Crippen LogP) is 2.33. The van der Waals surface area contributed by atoms with Crippen molar-refractivity contribution in [3.63, 3.8) is 0 Å². The zero-order valence-corrected chi connectivity index (χ0v) is 10.7. The number of benzene rings is 1. The van der Waals surface area contributed by atoms with E-state index >= 15 is 0 Å². The summed E-state index contributed by atoms with van der Waals surface area (Å²) in [5.41, 5.74) is 0.615. The maximum absolute atomic E-state index is 13.3. The molecule has 0 bridgehead atoms. The molecule has 0 unspecified atom stereocenters. The third kappa shape index (κ3) is 2.60. The Labute approximate surface area is 115 Å². The Hall–Kier alpha value is -2.08. The summed E-state index contributed by atoms with van der Waals surface area (Å²) in [6, 6.07) is 5.58. The number of rotatable bonds is 2. The molecular weight excluding hydrogens is 264 g/mol. The maximum Gasteiger partial charge on any atom is 0.225 e. The summed E-state index contributed by atoms with van der Waals surface area (Å²) in [7, 11) is 0. The Bertz CT molecular complexity index is 594. The van der Waals surface area contributed by atoms with Crippen LogP contribution in [0.5, 0.6) is 0 Å². The van der Waals surface area contributed by atoms with Crippen LogP contribution in [0.15, 0.2) is 36.7 Å². The molecule has 0 spiro atoms. The second-order valence-corrected chi connectivity index (χ2v) is 4.53. The van der Waals surface area contributed by atoms with Gasteiger partial charge in [0.25, 0.3) is 0 Å². The first-order valence-electron chi connectivity index (χ1n) is 6.32. The summed E-state index contributed by atoms with van der Waals surface area (Å²) in [4.78, 5) is 10.3. The van der Waals surface area contributed by atoms with E-state index in [-0.39, 0.29) is 6.10 Å². The van der Waals surface area contributed by atoms with Gasteiger partial charge in [-0.05, 0) is 23.8 Å². The van der Waals surface area contributed by atoms with Crippen molar-refractivity contribution in [2.45, 2.75) is 6.10 Å². The number of morpholine rings is 1. The molecule has 2 aromatic rings. The van der Waals surface area contributed by atoms with Crippen molar-refractivity contribution in [3.8, 4) is 0 Å². The summed E-state index contributed by atoms with van der Waals surface area (Å²) < 4.78 is 31.9. The van der Waals surface area contributed by atoms with E-state index in [4.69, 9.17) is 4.74 Å². The average molecular weight is 277 g/mol. The minimum absolute atomic E-state index is 0.317. The van der Waals surface area contributed by atoms with Gasteiger partial charge in [-0.3, -0.25) is 0 Å². The van der Waals surface area contributed by atoms with Crippen molar-refractivity contribution in [3.05, 3.63) is 53.9 Å². The lowest BCUT2D eigenvalue weighted by molar-refractivity contribution is 0.0389. The van der Waals surface area contributed by atoms with Crippen molar-refractivity contribution in [1.82, 2.24) is 9.97 Å². The number of aromatic nitrogens is 2. The molecule has 0 N–H and O–H groups in total. The standard InChI is InChI=1S/C14H13F2N3O/c15-11-3-2-10(8-12(11)16)13-9-19(6-7-20-13)14-17-4-1-5-18-14/h1-5,8,13H,6-7,9H2/t13-/m0/s1. The molecule has 4 nitrogen and oxygen atoms in total. The largest absolute Gasteiger partial charge is 0.370 e. The molecule has 1 atom stereocenters. The Balaban J connectivity index is 1.79. The Morgan fingerprint density at radius 1 is 1.15 bits per heavy atom. The van der Waals surface area contributed by atoms with Gasteiger partial charge in [0.15, 0.2) is 11.6 Å². The van der Waals surface area contributed by atoms with Crippen LogP contribution in [-0.2, 0) is 4.74 Å². The fourth-order valence-corrected chi connectivity index (χ4v) is 2.20. The molecule has 1 aliphatic heterocycles. The summed E-state index contributed by atoms with van der Waals surface area (Å²) >= 11 is 0. The van der Waals surface area contributed by atoms with E-state index < -0.39 is 11.6 Å². The summed E-state index contributed by atoms with van der Waals surface area (Å²) in [6.07, 6.45) is 3.03. The van der Waals surface area contributed by atoms with Crippen LogP contribution in [-0.4, -0.2) is 29.7 Å². The molecule has 0 radical (unpaired) electrons. The molecule has 104 valence electrons. The molecule has 2 heterocycles. The molecule has 0 aliphatic carbocycles. The lowest BCUT2D eigenvalue weighted by Gasteiger charge is -2.33. The van der Waals surface area contributed by atoms with Gasteiger partial charge >= 0.3 is 0 Å². The Kier molecular flexibility index (Phi) is 3.56. The third-order valence-corrected chi connectivity index (χ3v) is 3.22. The smallest absolute Gasteiger partial charge is 0.225 e. The third-order valence-electron chi connectivity index (χ3n) is 3.22. The molecule has 6 heteroatoms. The highest BCUT2D eigenvalue weighted by atomic mass is 19.2. The van der Waals surface area contributed by atoms with Gasteiger partial charge in [-0.15, -0.1) is 0 Å². The molecule has 1 fully saturated rings.